The van der Waals surface area contributed by atoms with Gasteiger partial charge in [-0.2, -0.15) is 0 Å². The zero-order chi connectivity index (χ0) is 14.5. The number of nitrogens with one attached hydrogen (secondary N) is 2. The second-order valence-electron chi connectivity index (χ2n) is 5.18. The molecule has 2 aromatic rings. The Bertz CT molecular complexity index is 619. The molecule has 0 aliphatic carbocycles. The fraction of sp³-hybridized carbons (Fsp3) is 0.333. The second kappa shape index (κ2) is 6.34. The van der Waals surface area contributed by atoms with E-state index in [2.05, 4.69) is 40.6 Å². The first kappa shape index (κ1) is 14.3. The van der Waals surface area contributed by atoms with Crippen LogP contribution in [0, 0.1) is 12.8 Å². The van der Waals surface area contributed by atoms with Gasteiger partial charge in [0.15, 0.2) is 0 Å². The van der Waals surface area contributed by atoms with Gasteiger partial charge >= 0.3 is 0 Å². The molecule has 1 aromatic heterocycles. The molecule has 0 aliphatic rings. The maximum Gasteiger partial charge on any atom is 0.210 e. The van der Waals surface area contributed by atoms with Crippen molar-refractivity contribution < 1.29 is 0 Å². The maximum absolute atomic E-state index is 5.52. The molecule has 106 valence electrons. The molecule has 0 amide bonds. The van der Waals surface area contributed by atoms with Gasteiger partial charge in [0, 0.05) is 17.6 Å². The van der Waals surface area contributed by atoms with Crippen LogP contribution >= 0.6 is 0 Å². The minimum absolute atomic E-state index is 0.480. The maximum atomic E-state index is 5.52. The number of guanidine groups is 1. The predicted molar refractivity (Wildman–Crippen MR) is 84.6 cm³/mol. The van der Waals surface area contributed by atoms with Crippen molar-refractivity contribution in [3.63, 3.8) is 0 Å². The number of aryl methyl sites for hydroxylation is 1. The summed E-state index contributed by atoms with van der Waals surface area (Å²) in [5, 5.41) is 4.29. The van der Waals surface area contributed by atoms with Gasteiger partial charge < -0.3 is 5.32 Å². The van der Waals surface area contributed by atoms with Crippen molar-refractivity contribution in [1.29, 1.82) is 0 Å². The molecular formula is C15H21N5. The number of benzene rings is 1. The molecule has 0 saturated heterocycles. The van der Waals surface area contributed by atoms with Crippen LogP contribution in [-0.4, -0.2) is 17.5 Å². The van der Waals surface area contributed by atoms with Gasteiger partial charge in [0.05, 0.1) is 11.2 Å². The van der Waals surface area contributed by atoms with E-state index in [1.54, 1.807) is 0 Å². The number of nitrogens with two attached hydrogens (primary N) is 1. The summed E-state index contributed by atoms with van der Waals surface area (Å²) in [4.78, 5) is 8.98. The minimum atomic E-state index is 0.480. The van der Waals surface area contributed by atoms with Crippen molar-refractivity contribution in [3.05, 3.63) is 36.0 Å². The molecule has 5 nitrogen and oxygen atoms in total. The van der Waals surface area contributed by atoms with Crippen LogP contribution in [0.2, 0.25) is 0 Å². The van der Waals surface area contributed by atoms with Crippen LogP contribution in [0.3, 0.4) is 0 Å². The number of nitrogens with zero attached hydrogens (tertiary/aromatic N) is 2. The summed E-state index contributed by atoms with van der Waals surface area (Å²) >= 11 is 0. The van der Waals surface area contributed by atoms with E-state index in [9.17, 15) is 0 Å². The summed E-state index contributed by atoms with van der Waals surface area (Å²) in [6.07, 6.45) is 0. The summed E-state index contributed by atoms with van der Waals surface area (Å²) < 4.78 is 0. The standard InChI is InChI=1S/C15H21N5/c1-10(2)9-17-15(20-16)19-13-6-4-5-12-8-7-11(3)18-14(12)13/h4-8,10H,9,16H2,1-3H3,(H2,17,19,20). The molecule has 20 heavy (non-hydrogen) atoms. The number of hydrogen-bond acceptors (Lipinski definition) is 3. The lowest BCUT2D eigenvalue weighted by atomic mass is 10.2. The monoisotopic (exact) mass is 271 g/mol. The van der Waals surface area contributed by atoms with Crippen LogP contribution in [0.4, 0.5) is 5.69 Å². The highest BCUT2D eigenvalue weighted by atomic mass is 15.3. The van der Waals surface area contributed by atoms with Gasteiger partial charge in [0.2, 0.25) is 5.96 Å². The number of hydrogen-bond donors (Lipinski definition) is 3. The molecule has 4 N–H and O–H groups in total. The van der Waals surface area contributed by atoms with E-state index in [-0.39, 0.29) is 0 Å². The number of aromatic nitrogens is 1. The SMILES string of the molecule is Cc1ccc2cccc(NC(=NCC(C)C)NN)c2n1. The molecule has 2 rings (SSSR count). The van der Waals surface area contributed by atoms with Crippen LogP contribution in [0.15, 0.2) is 35.3 Å². The Hall–Kier alpha value is -2.14. The average Bonchev–Trinajstić information content (AvgIpc) is 2.43. The van der Waals surface area contributed by atoms with Gasteiger partial charge in [-0.25, -0.2) is 5.84 Å². The van der Waals surface area contributed by atoms with Crippen molar-refractivity contribution in [3.8, 4) is 0 Å². The van der Waals surface area contributed by atoms with Crippen LogP contribution in [0.25, 0.3) is 10.9 Å². The molecular weight excluding hydrogens is 250 g/mol. The van der Waals surface area contributed by atoms with E-state index in [1.807, 2.05) is 31.2 Å². The van der Waals surface area contributed by atoms with Gasteiger partial charge in [-0.1, -0.05) is 32.0 Å². The first-order chi connectivity index (χ1) is 9.60. The van der Waals surface area contributed by atoms with E-state index in [4.69, 9.17) is 5.84 Å². The van der Waals surface area contributed by atoms with Crippen LogP contribution in [0.1, 0.15) is 19.5 Å². The van der Waals surface area contributed by atoms with Gasteiger partial charge in [-0.3, -0.25) is 15.4 Å². The Morgan fingerprint density at radius 3 is 2.80 bits per heavy atom. The molecule has 0 atom stereocenters. The Morgan fingerprint density at radius 2 is 2.10 bits per heavy atom. The van der Waals surface area contributed by atoms with Crippen molar-refractivity contribution in [1.82, 2.24) is 10.4 Å². The zero-order valence-corrected chi connectivity index (χ0v) is 12.1. The van der Waals surface area contributed by atoms with Crippen LogP contribution < -0.4 is 16.6 Å². The molecule has 0 spiro atoms. The van der Waals surface area contributed by atoms with Crippen molar-refractivity contribution in [2.75, 3.05) is 11.9 Å². The van der Waals surface area contributed by atoms with Gasteiger partial charge in [-0.05, 0) is 25.0 Å². The number of anilines is 1. The smallest absolute Gasteiger partial charge is 0.210 e. The highest BCUT2D eigenvalue weighted by Gasteiger charge is 2.05. The molecule has 0 radical (unpaired) electrons. The first-order valence-corrected chi connectivity index (χ1v) is 6.74. The quantitative estimate of drug-likeness (QED) is 0.347. The Balaban J connectivity index is 2.32. The Labute approximate surface area is 119 Å². The predicted octanol–water partition coefficient (Wildman–Crippen LogP) is 2.43. The first-order valence-electron chi connectivity index (χ1n) is 6.74. The summed E-state index contributed by atoms with van der Waals surface area (Å²) in [6, 6.07) is 10.0. The van der Waals surface area contributed by atoms with E-state index < -0.39 is 0 Å². The normalized spacial score (nSPS) is 11.9. The number of rotatable bonds is 3. The molecule has 0 fully saturated rings. The lowest BCUT2D eigenvalue weighted by Crippen LogP contribution is -2.36. The fourth-order valence-electron chi connectivity index (χ4n) is 1.87. The highest BCUT2D eigenvalue weighted by Crippen LogP contribution is 2.21. The molecule has 1 aromatic carbocycles. The number of para-hydroxylation sites is 1. The average molecular weight is 271 g/mol. The van der Waals surface area contributed by atoms with Crippen molar-refractivity contribution in [2.24, 2.45) is 16.8 Å². The number of pyridine rings is 1. The van der Waals surface area contributed by atoms with Crippen LogP contribution in [0.5, 0.6) is 0 Å². The molecule has 0 unspecified atom stereocenters. The van der Waals surface area contributed by atoms with Crippen molar-refractivity contribution >= 4 is 22.5 Å². The summed E-state index contributed by atoms with van der Waals surface area (Å²) in [7, 11) is 0. The number of fused-ring (bicyclic) bond motifs is 1. The third-order valence-electron chi connectivity index (χ3n) is 2.86. The van der Waals surface area contributed by atoms with Gasteiger partial charge in [-0.15, -0.1) is 0 Å². The second-order valence-corrected chi connectivity index (χ2v) is 5.18. The van der Waals surface area contributed by atoms with E-state index in [0.717, 1.165) is 22.3 Å². The zero-order valence-electron chi connectivity index (χ0n) is 12.1. The van der Waals surface area contributed by atoms with Gasteiger partial charge in [0.25, 0.3) is 0 Å². The third-order valence-corrected chi connectivity index (χ3v) is 2.86. The lowest BCUT2D eigenvalue weighted by molar-refractivity contribution is 0.663. The topological polar surface area (TPSA) is 75.3 Å². The highest BCUT2D eigenvalue weighted by molar-refractivity contribution is 6.01. The Morgan fingerprint density at radius 1 is 1.30 bits per heavy atom. The summed E-state index contributed by atoms with van der Waals surface area (Å²) in [5.74, 6) is 6.55. The largest absolute Gasteiger partial charge is 0.323 e. The molecule has 1 heterocycles. The number of hydrazine groups is 1. The van der Waals surface area contributed by atoms with E-state index >= 15 is 0 Å². The summed E-state index contributed by atoms with van der Waals surface area (Å²) in [6.45, 7) is 6.91. The molecule has 5 heteroatoms. The number of aliphatic imine (C=N–C) groups is 1. The third kappa shape index (κ3) is 3.45. The van der Waals surface area contributed by atoms with E-state index in [0.29, 0.717) is 18.4 Å². The summed E-state index contributed by atoms with van der Waals surface area (Å²) in [5.41, 5.74) is 5.39. The van der Waals surface area contributed by atoms with Crippen molar-refractivity contribution in [2.45, 2.75) is 20.8 Å². The van der Waals surface area contributed by atoms with Crippen LogP contribution in [-0.2, 0) is 0 Å². The van der Waals surface area contributed by atoms with E-state index in [1.165, 1.54) is 0 Å². The molecule has 0 aliphatic heterocycles. The molecule has 0 bridgehead atoms. The lowest BCUT2D eigenvalue weighted by Gasteiger charge is -2.12. The minimum Gasteiger partial charge on any atom is -0.323 e. The fourth-order valence-corrected chi connectivity index (χ4v) is 1.87. The molecule has 0 saturated carbocycles. The Kier molecular flexibility index (Phi) is 4.53. The van der Waals surface area contributed by atoms with Gasteiger partial charge in [0.1, 0.15) is 0 Å².